The molecule has 3 rings (SSSR count). The summed E-state index contributed by atoms with van der Waals surface area (Å²) in [5.41, 5.74) is 6.09. The molecule has 1 fully saturated rings. The second-order valence-electron chi connectivity index (χ2n) is 6.70. The molecule has 1 aliphatic rings. The minimum atomic E-state index is -3.95. The Morgan fingerprint density at radius 2 is 2.00 bits per heavy atom. The van der Waals surface area contributed by atoms with Gasteiger partial charge in [-0.2, -0.15) is 10.4 Å². The zero-order valence-electron chi connectivity index (χ0n) is 15.0. The number of primary amides is 1. The molecule has 0 aliphatic heterocycles. The molecule has 1 aromatic heterocycles. The maximum Gasteiger partial charge on any atom is 0.254 e. The van der Waals surface area contributed by atoms with E-state index in [0.717, 1.165) is 25.7 Å². The van der Waals surface area contributed by atoms with Crippen LogP contribution in [0.1, 0.15) is 42.1 Å². The Labute approximate surface area is 162 Å². The fraction of sp³-hybridized carbons (Fsp3) is 0.389. The summed E-state index contributed by atoms with van der Waals surface area (Å²) in [5.74, 6) is -0.641. The largest absolute Gasteiger partial charge is 0.365 e. The number of benzene rings is 1. The summed E-state index contributed by atoms with van der Waals surface area (Å²) in [4.78, 5) is 11.7. The minimum absolute atomic E-state index is 0.135. The number of nitriles is 1. The minimum Gasteiger partial charge on any atom is -0.365 e. The van der Waals surface area contributed by atoms with Crippen LogP contribution in [-0.2, 0) is 9.84 Å². The van der Waals surface area contributed by atoms with Crippen LogP contribution >= 0.6 is 0 Å². The molecule has 0 saturated heterocycles. The molecule has 1 unspecified atom stereocenters. The van der Waals surface area contributed by atoms with Crippen LogP contribution < -0.4 is 11.1 Å². The van der Waals surface area contributed by atoms with Crippen molar-refractivity contribution in [3.05, 3.63) is 36.0 Å². The van der Waals surface area contributed by atoms with Gasteiger partial charge < -0.3 is 11.1 Å². The SMILES string of the molecule is N#CC1CCCC[C@@H]1n1cc(C(N)=O)c(Nc2ccc(S(=O)(=O)CF)cc2)n1. The van der Waals surface area contributed by atoms with Crippen LogP contribution in [0, 0.1) is 17.2 Å². The molecule has 1 aliphatic carbocycles. The summed E-state index contributed by atoms with van der Waals surface area (Å²) in [6.07, 6.45) is 5.06. The van der Waals surface area contributed by atoms with Crippen molar-refractivity contribution in [1.29, 1.82) is 5.26 Å². The lowest BCUT2D eigenvalue weighted by Crippen LogP contribution is -2.22. The normalized spacial score (nSPS) is 19.7. The molecule has 1 saturated carbocycles. The first-order valence-corrected chi connectivity index (χ1v) is 10.5. The number of halogens is 1. The maximum absolute atomic E-state index is 12.6. The molecule has 8 nitrogen and oxygen atoms in total. The number of carbonyl (C=O) groups excluding carboxylic acids is 1. The molecule has 1 amide bonds. The van der Waals surface area contributed by atoms with Gasteiger partial charge in [0.1, 0.15) is 5.56 Å². The Kier molecular flexibility index (Phi) is 5.65. The molecule has 3 N–H and O–H groups in total. The summed E-state index contributed by atoms with van der Waals surface area (Å²) in [5, 5.41) is 16.7. The molecular formula is C18H20FN5O3S. The van der Waals surface area contributed by atoms with Crippen LogP contribution in [0.25, 0.3) is 0 Å². The molecular weight excluding hydrogens is 385 g/mol. The van der Waals surface area contributed by atoms with E-state index in [2.05, 4.69) is 16.5 Å². The van der Waals surface area contributed by atoms with E-state index < -0.39 is 21.8 Å². The highest BCUT2D eigenvalue weighted by Gasteiger charge is 2.29. The number of carbonyl (C=O) groups is 1. The predicted molar refractivity (Wildman–Crippen MR) is 100 cm³/mol. The van der Waals surface area contributed by atoms with Crippen molar-refractivity contribution in [2.45, 2.75) is 36.6 Å². The molecule has 1 heterocycles. The Morgan fingerprint density at radius 3 is 2.61 bits per heavy atom. The molecule has 28 heavy (non-hydrogen) atoms. The van der Waals surface area contributed by atoms with E-state index in [1.165, 1.54) is 30.5 Å². The number of sulfone groups is 1. The fourth-order valence-electron chi connectivity index (χ4n) is 3.36. The number of hydrogen-bond acceptors (Lipinski definition) is 6. The van der Waals surface area contributed by atoms with Crippen LogP contribution in [0.3, 0.4) is 0 Å². The standard InChI is InChI=1S/C18H20FN5O3S/c19-11-28(26,27)14-7-5-13(6-8-14)22-18-15(17(21)25)10-24(23-18)16-4-2-1-3-12(16)9-20/h5-8,10,12,16H,1-4,11H2,(H2,21,25)(H,22,23)/t12?,16-/m0/s1. The summed E-state index contributed by atoms with van der Waals surface area (Å²) in [6, 6.07) is 6.13. The Balaban J connectivity index is 1.88. The Hall–Kier alpha value is -2.93. The van der Waals surface area contributed by atoms with Gasteiger partial charge in [-0.1, -0.05) is 12.8 Å². The summed E-state index contributed by atoms with van der Waals surface area (Å²) in [6.45, 7) is 0. The lowest BCUT2D eigenvalue weighted by Gasteiger charge is -2.26. The molecule has 10 heteroatoms. The molecule has 0 bridgehead atoms. The van der Waals surface area contributed by atoms with Gasteiger partial charge in [-0.25, -0.2) is 12.8 Å². The van der Waals surface area contributed by atoms with Gasteiger partial charge in [-0.3, -0.25) is 9.48 Å². The number of aromatic nitrogens is 2. The number of nitrogens with two attached hydrogens (primary N) is 1. The molecule has 148 valence electrons. The van der Waals surface area contributed by atoms with Crippen LogP contribution in [0.4, 0.5) is 15.9 Å². The number of hydrogen-bond donors (Lipinski definition) is 2. The van der Waals surface area contributed by atoms with E-state index in [4.69, 9.17) is 5.73 Å². The van der Waals surface area contributed by atoms with Crippen LogP contribution in [0.5, 0.6) is 0 Å². The monoisotopic (exact) mass is 405 g/mol. The van der Waals surface area contributed by atoms with Gasteiger partial charge in [0.05, 0.1) is 22.9 Å². The number of alkyl halides is 1. The van der Waals surface area contributed by atoms with Crippen LogP contribution in [-0.4, -0.2) is 30.1 Å². The Bertz CT molecular complexity index is 1010. The number of rotatable bonds is 6. The lowest BCUT2D eigenvalue weighted by molar-refractivity contribution is 0.100. The van der Waals surface area contributed by atoms with Crippen LogP contribution in [0.2, 0.25) is 0 Å². The maximum atomic E-state index is 12.6. The van der Waals surface area contributed by atoms with Crippen molar-refractivity contribution in [2.75, 3.05) is 11.3 Å². The highest BCUT2D eigenvalue weighted by molar-refractivity contribution is 7.91. The van der Waals surface area contributed by atoms with Gasteiger partial charge in [0.25, 0.3) is 5.91 Å². The average Bonchev–Trinajstić information content (AvgIpc) is 3.12. The van der Waals surface area contributed by atoms with Crippen molar-refractivity contribution in [2.24, 2.45) is 11.7 Å². The number of nitrogens with zero attached hydrogens (tertiary/aromatic N) is 3. The molecule has 2 aromatic rings. The lowest BCUT2D eigenvalue weighted by atomic mass is 9.85. The highest BCUT2D eigenvalue weighted by Crippen LogP contribution is 2.34. The van der Waals surface area contributed by atoms with E-state index in [9.17, 15) is 22.9 Å². The zero-order valence-corrected chi connectivity index (χ0v) is 15.8. The second-order valence-corrected chi connectivity index (χ2v) is 8.62. The van der Waals surface area contributed by atoms with E-state index in [1.807, 2.05) is 0 Å². The van der Waals surface area contributed by atoms with Crippen molar-refractivity contribution in [3.8, 4) is 6.07 Å². The van der Waals surface area contributed by atoms with Gasteiger partial charge in [-0.15, -0.1) is 0 Å². The number of amides is 1. The quantitative estimate of drug-likeness (QED) is 0.760. The number of nitrogens with one attached hydrogen (secondary N) is 1. The predicted octanol–water partition coefficient (Wildman–Crippen LogP) is 2.68. The van der Waals surface area contributed by atoms with Crippen molar-refractivity contribution in [1.82, 2.24) is 9.78 Å². The van der Waals surface area contributed by atoms with E-state index in [-0.39, 0.29) is 28.2 Å². The first-order valence-electron chi connectivity index (χ1n) is 8.80. The third kappa shape index (κ3) is 3.99. The molecule has 2 atom stereocenters. The topological polar surface area (TPSA) is 131 Å². The van der Waals surface area contributed by atoms with Gasteiger partial charge >= 0.3 is 0 Å². The summed E-state index contributed by atoms with van der Waals surface area (Å²) in [7, 11) is -3.95. The third-order valence-corrected chi connectivity index (χ3v) is 6.13. The Morgan fingerprint density at radius 1 is 1.32 bits per heavy atom. The second kappa shape index (κ2) is 7.98. The van der Waals surface area contributed by atoms with Crippen molar-refractivity contribution >= 4 is 27.2 Å². The van der Waals surface area contributed by atoms with Gasteiger partial charge in [0.2, 0.25) is 9.84 Å². The van der Waals surface area contributed by atoms with E-state index >= 15 is 0 Å². The van der Waals surface area contributed by atoms with Gasteiger partial charge in [0.15, 0.2) is 11.8 Å². The highest BCUT2D eigenvalue weighted by atomic mass is 32.2. The number of anilines is 2. The van der Waals surface area contributed by atoms with E-state index in [0.29, 0.717) is 5.69 Å². The van der Waals surface area contributed by atoms with E-state index in [1.54, 1.807) is 4.68 Å². The van der Waals surface area contributed by atoms with Gasteiger partial charge in [0, 0.05) is 11.9 Å². The van der Waals surface area contributed by atoms with Crippen molar-refractivity contribution in [3.63, 3.8) is 0 Å². The average molecular weight is 405 g/mol. The van der Waals surface area contributed by atoms with Gasteiger partial charge in [-0.05, 0) is 37.1 Å². The zero-order chi connectivity index (χ0) is 20.3. The van der Waals surface area contributed by atoms with Crippen molar-refractivity contribution < 1.29 is 17.6 Å². The summed E-state index contributed by atoms with van der Waals surface area (Å²) >= 11 is 0. The molecule has 1 aromatic carbocycles. The first kappa shape index (κ1) is 19.8. The third-order valence-electron chi connectivity index (χ3n) is 4.85. The first-order chi connectivity index (χ1) is 13.4. The fourth-order valence-corrected chi connectivity index (χ4v) is 4.03. The summed E-state index contributed by atoms with van der Waals surface area (Å²) < 4.78 is 37.3. The molecule has 0 spiro atoms. The molecule has 0 radical (unpaired) electrons. The van der Waals surface area contributed by atoms with Crippen LogP contribution in [0.15, 0.2) is 35.4 Å². The smallest absolute Gasteiger partial charge is 0.254 e.